The number of ether oxygens (including phenoxy) is 1. The van der Waals surface area contributed by atoms with Gasteiger partial charge in [-0.25, -0.2) is 14.5 Å². The molecule has 8 heteroatoms. The van der Waals surface area contributed by atoms with Crippen molar-refractivity contribution in [1.82, 2.24) is 24.9 Å². The highest BCUT2D eigenvalue weighted by molar-refractivity contribution is 5.93. The van der Waals surface area contributed by atoms with Crippen LogP contribution in [-0.2, 0) is 4.74 Å². The van der Waals surface area contributed by atoms with Gasteiger partial charge in [-0.2, -0.15) is 5.10 Å². The number of carbonyl (C=O) groups excluding carboxylic acids is 1. The highest BCUT2D eigenvalue weighted by Gasteiger charge is 2.27. The molecule has 0 radical (unpaired) electrons. The van der Waals surface area contributed by atoms with Gasteiger partial charge in [0.05, 0.1) is 11.7 Å². The summed E-state index contributed by atoms with van der Waals surface area (Å²) in [6, 6.07) is 9.56. The summed E-state index contributed by atoms with van der Waals surface area (Å²) in [6.45, 7) is 3.13. The van der Waals surface area contributed by atoms with Crippen molar-refractivity contribution in [2.45, 2.75) is 31.2 Å². The molecule has 1 N–H and O–H groups in total. The van der Waals surface area contributed by atoms with Crippen LogP contribution in [0.4, 0.5) is 5.95 Å². The van der Waals surface area contributed by atoms with Crippen molar-refractivity contribution in [3.63, 3.8) is 0 Å². The SMILES string of the molecule is O=C(NC1CCN(c2nccc(C3CCOCC3)n2)C1)c1cccc2ccnn12. The molecule has 0 spiro atoms. The molecule has 3 aromatic heterocycles. The maximum Gasteiger partial charge on any atom is 0.270 e. The Hall–Kier alpha value is -3.00. The van der Waals surface area contributed by atoms with Gasteiger partial charge in [0, 0.05) is 50.2 Å². The predicted molar refractivity (Wildman–Crippen MR) is 108 cm³/mol. The zero-order chi connectivity index (χ0) is 19.6. The number of pyridine rings is 1. The molecule has 2 fully saturated rings. The molecule has 2 aliphatic rings. The van der Waals surface area contributed by atoms with E-state index in [0.717, 1.165) is 56.2 Å². The van der Waals surface area contributed by atoms with Gasteiger partial charge < -0.3 is 15.0 Å². The van der Waals surface area contributed by atoms with Crippen LogP contribution in [-0.4, -0.2) is 57.8 Å². The molecule has 5 rings (SSSR count). The number of hydrogen-bond donors (Lipinski definition) is 1. The van der Waals surface area contributed by atoms with Gasteiger partial charge in [-0.05, 0) is 43.5 Å². The minimum atomic E-state index is -0.108. The van der Waals surface area contributed by atoms with E-state index in [0.29, 0.717) is 18.2 Å². The van der Waals surface area contributed by atoms with E-state index in [1.807, 2.05) is 30.5 Å². The van der Waals surface area contributed by atoms with Gasteiger partial charge in [0.2, 0.25) is 5.95 Å². The monoisotopic (exact) mass is 392 g/mol. The first kappa shape index (κ1) is 18.1. The number of amides is 1. The van der Waals surface area contributed by atoms with Gasteiger partial charge in [0.1, 0.15) is 5.69 Å². The fraction of sp³-hybridized carbons (Fsp3) is 0.429. The maximum absolute atomic E-state index is 12.8. The van der Waals surface area contributed by atoms with E-state index in [2.05, 4.69) is 20.3 Å². The number of anilines is 1. The lowest BCUT2D eigenvalue weighted by Gasteiger charge is -2.23. The molecular formula is C21H24N6O2. The first-order valence-electron chi connectivity index (χ1n) is 10.2. The van der Waals surface area contributed by atoms with Crippen LogP contribution in [0.5, 0.6) is 0 Å². The number of rotatable bonds is 4. The van der Waals surface area contributed by atoms with E-state index in [1.54, 1.807) is 16.8 Å². The second kappa shape index (κ2) is 7.79. The summed E-state index contributed by atoms with van der Waals surface area (Å²) >= 11 is 0. The molecule has 0 aromatic carbocycles. The third kappa shape index (κ3) is 3.67. The van der Waals surface area contributed by atoms with E-state index >= 15 is 0 Å². The number of aromatic nitrogens is 4. The van der Waals surface area contributed by atoms with Crippen LogP contribution in [0.25, 0.3) is 5.52 Å². The standard InChI is InChI=1S/C21H24N6O2/c28-20(19-3-1-2-17-4-10-23-27(17)19)24-16-6-11-26(14-16)21-22-9-5-18(25-21)15-7-12-29-13-8-15/h1-5,9-10,15-16H,6-8,11-14H2,(H,24,28). The van der Waals surface area contributed by atoms with Crippen molar-refractivity contribution >= 4 is 17.4 Å². The zero-order valence-corrected chi connectivity index (χ0v) is 16.2. The zero-order valence-electron chi connectivity index (χ0n) is 16.2. The summed E-state index contributed by atoms with van der Waals surface area (Å²) in [5.74, 6) is 1.08. The Morgan fingerprint density at radius 1 is 1.10 bits per heavy atom. The van der Waals surface area contributed by atoms with Crippen molar-refractivity contribution in [3.05, 3.63) is 54.1 Å². The average Bonchev–Trinajstić information content (AvgIpc) is 3.44. The van der Waals surface area contributed by atoms with Crippen LogP contribution in [0.3, 0.4) is 0 Å². The molecule has 8 nitrogen and oxygen atoms in total. The number of hydrogen-bond acceptors (Lipinski definition) is 6. The lowest BCUT2D eigenvalue weighted by Crippen LogP contribution is -2.38. The summed E-state index contributed by atoms with van der Waals surface area (Å²) in [4.78, 5) is 24.2. The fourth-order valence-corrected chi connectivity index (χ4v) is 4.18. The molecule has 150 valence electrons. The Morgan fingerprint density at radius 2 is 2.00 bits per heavy atom. The molecule has 2 saturated heterocycles. The maximum atomic E-state index is 12.8. The quantitative estimate of drug-likeness (QED) is 0.731. The van der Waals surface area contributed by atoms with E-state index in [9.17, 15) is 4.79 Å². The summed E-state index contributed by atoms with van der Waals surface area (Å²) in [6.07, 6.45) is 6.43. The molecule has 1 unspecified atom stereocenters. The second-order valence-electron chi connectivity index (χ2n) is 7.65. The molecule has 3 aromatic rings. The van der Waals surface area contributed by atoms with Crippen LogP contribution in [0, 0.1) is 0 Å². The first-order valence-corrected chi connectivity index (χ1v) is 10.2. The highest BCUT2D eigenvalue weighted by atomic mass is 16.5. The first-order chi connectivity index (χ1) is 14.3. The van der Waals surface area contributed by atoms with Gasteiger partial charge in [0.15, 0.2) is 0 Å². The van der Waals surface area contributed by atoms with Crippen LogP contribution in [0.15, 0.2) is 42.7 Å². The smallest absolute Gasteiger partial charge is 0.270 e. The topological polar surface area (TPSA) is 84.7 Å². The Balaban J connectivity index is 1.26. The highest BCUT2D eigenvalue weighted by Crippen LogP contribution is 2.26. The molecule has 0 aliphatic carbocycles. The van der Waals surface area contributed by atoms with Crippen molar-refractivity contribution < 1.29 is 9.53 Å². The molecule has 1 amide bonds. The van der Waals surface area contributed by atoms with Crippen molar-refractivity contribution in [2.75, 3.05) is 31.2 Å². The second-order valence-corrected chi connectivity index (χ2v) is 7.65. The summed E-state index contributed by atoms with van der Waals surface area (Å²) in [5, 5.41) is 7.39. The minimum Gasteiger partial charge on any atom is -0.381 e. The van der Waals surface area contributed by atoms with Gasteiger partial charge in [-0.1, -0.05) is 6.07 Å². The van der Waals surface area contributed by atoms with Crippen LogP contribution < -0.4 is 10.2 Å². The molecule has 2 aliphatic heterocycles. The van der Waals surface area contributed by atoms with Gasteiger partial charge >= 0.3 is 0 Å². The molecular weight excluding hydrogens is 368 g/mol. The van der Waals surface area contributed by atoms with Crippen molar-refractivity contribution in [2.24, 2.45) is 0 Å². The van der Waals surface area contributed by atoms with Crippen molar-refractivity contribution in [3.8, 4) is 0 Å². The van der Waals surface area contributed by atoms with E-state index in [-0.39, 0.29) is 11.9 Å². The average molecular weight is 392 g/mol. The van der Waals surface area contributed by atoms with Crippen LogP contribution >= 0.6 is 0 Å². The molecule has 1 atom stereocenters. The molecule has 29 heavy (non-hydrogen) atoms. The van der Waals surface area contributed by atoms with Crippen LogP contribution in [0.1, 0.15) is 41.4 Å². The Morgan fingerprint density at radius 3 is 2.90 bits per heavy atom. The largest absolute Gasteiger partial charge is 0.381 e. The molecule has 0 bridgehead atoms. The Kier molecular flexibility index (Phi) is 4.85. The van der Waals surface area contributed by atoms with Crippen LogP contribution in [0.2, 0.25) is 0 Å². The Labute approximate surface area is 168 Å². The number of nitrogens with one attached hydrogen (secondary N) is 1. The Bertz CT molecular complexity index is 1010. The fourth-order valence-electron chi connectivity index (χ4n) is 4.18. The number of fused-ring (bicyclic) bond motifs is 1. The third-order valence-electron chi connectivity index (χ3n) is 5.76. The van der Waals surface area contributed by atoms with E-state index in [1.165, 1.54) is 0 Å². The summed E-state index contributed by atoms with van der Waals surface area (Å²) in [5.41, 5.74) is 2.55. The lowest BCUT2D eigenvalue weighted by atomic mass is 9.96. The van der Waals surface area contributed by atoms with Crippen molar-refractivity contribution in [1.29, 1.82) is 0 Å². The third-order valence-corrected chi connectivity index (χ3v) is 5.76. The van der Waals surface area contributed by atoms with Gasteiger partial charge in [-0.15, -0.1) is 0 Å². The predicted octanol–water partition coefficient (Wildman–Crippen LogP) is 2.03. The summed E-state index contributed by atoms with van der Waals surface area (Å²) < 4.78 is 7.13. The molecule has 5 heterocycles. The normalized spacial score (nSPS) is 20.3. The summed E-state index contributed by atoms with van der Waals surface area (Å²) in [7, 11) is 0. The lowest BCUT2D eigenvalue weighted by molar-refractivity contribution is 0.0845. The molecule has 0 saturated carbocycles. The van der Waals surface area contributed by atoms with Gasteiger partial charge in [-0.3, -0.25) is 4.79 Å². The van der Waals surface area contributed by atoms with Gasteiger partial charge in [0.25, 0.3) is 5.91 Å². The number of carbonyl (C=O) groups is 1. The van der Waals surface area contributed by atoms with E-state index in [4.69, 9.17) is 9.72 Å². The minimum absolute atomic E-state index is 0.0589. The number of nitrogens with zero attached hydrogens (tertiary/aromatic N) is 5. The van der Waals surface area contributed by atoms with E-state index < -0.39 is 0 Å².